The molecule has 6 heteroatoms. The van der Waals surface area contributed by atoms with Crippen molar-refractivity contribution in [3.63, 3.8) is 0 Å². The highest BCUT2D eigenvalue weighted by atomic mass is 32.2. The van der Waals surface area contributed by atoms with Gasteiger partial charge < -0.3 is 5.73 Å². The van der Waals surface area contributed by atoms with Gasteiger partial charge in [-0.3, -0.25) is 0 Å². The number of hydrogen-bond donors (Lipinski definition) is 1. The fourth-order valence-electron chi connectivity index (χ4n) is 2.02. The van der Waals surface area contributed by atoms with Crippen LogP contribution in [0.4, 0.5) is 4.39 Å². The molecule has 0 amide bonds. The van der Waals surface area contributed by atoms with Crippen LogP contribution in [0.3, 0.4) is 0 Å². The summed E-state index contributed by atoms with van der Waals surface area (Å²) in [5, 5.41) is -0.490. The topological polar surface area (TPSA) is 63.4 Å². The fourth-order valence-corrected chi connectivity index (χ4v) is 3.78. The van der Waals surface area contributed by atoms with Crippen LogP contribution >= 0.6 is 0 Å². The first-order chi connectivity index (χ1) is 8.04. The molecule has 1 aromatic carbocycles. The van der Waals surface area contributed by atoms with Crippen molar-refractivity contribution in [1.29, 1.82) is 0 Å². The van der Waals surface area contributed by atoms with Gasteiger partial charge in [0.1, 0.15) is 5.82 Å². The maximum atomic E-state index is 13.0. The van der Waals surface area contributed by atoms with E-state index in [1.54, 1.807) is 12.1 Å². The second kappa shape index (κ2) is 4.72. The van der Waals surface area contributed by atoms with Crippen LogP contribution in [-0.2, 0) is 16.6 Å². The minimum atomic E-state index is -3.30. The van der Waals surface area contributed by atoms with Crippen LogP contribution in [-0.4, -0.2) is 31.1 Å². The van der Waals surface area contributed by atoms with E-state index in [1.165, 1.54) is 16.4 Å². The lowest BCUT2D eigenvalue weighted by atomic mass is 10.2. The van der Waals surface area contributed by atoms with Crippen molar-refractivity contribution in [3.8, 4) is 0 Å². The molecule has 0 spiro atoms. The number of sulfonamides is 1. The number of hydrogen-bond acceptors (Lipinski definition) is 3. The molecule has 1 atom stereocenters. The van der Waals surface area contributed by atoms with Gasteiger partial charge in [0.15, 0.2) is 0 Å². The Hall–Kier alpha value is -0.980. The molecule has 4 nitrogen and oxygen atoms in total. The summed E-state index contributed by atoms with van der Waals surface area (Å²) in [4.78, 5) is 0. The van der Waals surface area contributed by atoms with Gasteiger partial charge in [-0.05, 0) is 24.1 Å². The highest BCUT2D eigenvalue weighted by Gasteiger charge is 2.37. The van der Waals surface area contributed by atoms with Gasteiger partial charge in [-0.15, -0.1) is 0 Å². The molecule has 1 fully saturated rings. The molecular weight excluding hydrogens is 243 g/mol. The van der Waals surface area contributed by atoms with E-state index in [0.29, 0.717) is 18.5 Å². The van der Waals surface area contributed by atoms with Crippen molar-refractivity contribution in [1.82, 2.24) is 4.31 Å². The molecule has 1 aromatic rings. The van der Waals surface area contributed by atoms with Crippen LogP contribution in [0.25, 0.3) is 0 Å². The minimum absolute atomic E-state index is 0.141. The molecule has 1 aliphatic heterocycles. The summed E-state index contributed by atoms with van der Waals surface area (Å²) in [6.07, 6.45) is 0.550. The second-order valence-electron chi connectivity index (χ2n) is 4.15. The van der Waals surface area contributed by atoms with Gasteiger partial charge in [0, 0.05) is 19.6 Å². The van der Waals surface area contributed by atoms with Gasteiger partial charge in [-0.25, -0.2) is 12.8 Å². The third kappa shape index (κ3) is 2.48. The van der Waals surface area contributed by atoms with Crippen molar-refractivity contribution in [3.05, 3.63) is 35.6 Å². The third-order valence-corrected chi connectivity index (χ3v) is 5.29. The zero-order chi connectivity index (χ0) is 12.5. The molecule has 1 heterocycles. The van der Waals surface area contributed by atoms with E-state index in [2.05, 4.69) is 0 Å². The van der Waals surface area contributed by atoms with Gasteiger partial charge >= 0.3 is 0 Å². The van der Waals surface area contributed by atoms with E-state index in [0.717, 1.165) is 0 Å². The van der Waals surface area contributed by atoms with Gasteiger partial charge in [-0.2, -0.15) is 4.31 Å². The predicted octanol–water partition coefficient (Wildman–Crippen LogP) is 0.688. The minimum Gasteiger partial charge on any atom is -0.329 e. The quantitative estimate of drug-likeness (QED) is 0.867. The molecule has 1 unspecified atom stereocenters. The number of halogens is 1. The Kier molecular flexibility index (Phi) is 3.46. The van der Waals surface area contributed by atoms with Crippen LogP contribution in [0.15, 0.2) is 24.3 Å². The van der Waals surface area contributed by atoms with E-state index in [-0.39, 0.29) is 18.9 Å². The molecule has 1 aliphatic rings. The van der Waals surface area contributed by atoms with E-state index in [4.69, 9.17) is 5.73 Å². The average molecular weight is 258 g/mol. The third-order valence-electron chi connectivity index (χ3n) is 2.99. The molecule has 0 bridgehead atoms. The highest BCUT2D eigenvalue weighted by Crippen LogP contribution is 2.23. The summed E-state index contributed by atoms with van der Waals surface area (Å²) in [5.41, 5.74) is 6.08. The summed E-state index contributed by atoms with van der Waals surface area (Å²) in [7, 11) is -3.30. The first kappa shape index (κ1) is 12.5. The number of nitrogens with two attached hydrogens (primary N) is 1. The summed E-state index contributed by atoms with van der Waals surface area (Å²) < 4.78 is 38.3. The molecule has 0 aliphatic carbocycles. The van der Waals surface area contributed by atoms with Crippen molar-refractivity contribution in [2.45, 2.75) is 18.2 Å². The van der Waals surface area contributed by atoms with Crippen LogP contribution < -0.4 is 5.73 Å². The van der Waals surface area contributed by atoms with Crippen LogP contribution in [0.5, 0.6) is 0 Å². The van der Waals surface area contributed by atoms with Crippen LogP contribution in [0.1, 0.15) is 12.0 Å². The normalized spacial score (nSPS) is 24.0. The standard InChI is InChI=1S/C11H15FN2O2S/c12-10-3-1-2-9(6-10)8-14-5-4-11(7-13)17(14,15)16/h1-3,6,11H,4-5,7-8,13H2. The number of nitrogens with zero attached hydrogens (tertiary/aromatic N) is 1. The summed E-state index contributed by atoms with van der Waals surface area (Å²) >= 11 is 0. The maximum Gasteiger partial charge on any atom is 0.218 e. The Morgan fingerprint density at radius 1 is 1.47 bits per heavy atom. The van der Waals surface area contributed by atoms with Crippen molar-refractivity contribution in [2.75, 3.05) is 13.1 Å². The Balaban J connectivity index is 2.16. The highest BCUT2D eigenvalue weighted by molar-refractivity contribution is 7.90. The van der Waals surface area contributed by atoms with Gasteiger partial charge in [0.2, 0.25) is 10.0 Å². The number of rotatable bonds is 3. The van der Waals surface area contributed by atoms with Crippen LogP contribution in [0, 0.1) is 5.82 Å². The van der Waals surface area contributed by atoms with Crippen molar-refractivity contribution < 1.29 is 12.8 Å². The molecule has 0 saturated carbocycles. The molecule has 2 rings (SSSR count). The zero-order valence-corrected chi connectivity index (χ0v) is 10.2. The fraction of sp³-hybridized carbons (Fsp3) is 0.455. The monoisotopic (exact) mass is 258 g/mol. The zero-order valence-electron chi connectivity index (χ0n) is 9.34. The lowest BCUT2D eigenvalue weighted by molar-refractivity contribution is 0.438. The summed E-state index contributed by atoms with van der Waals surface area (Å²) in [6, 6.07) is 5.98. The van der Waals surface area contributed by atoms with E-state index in [1.807, 2.05) is 0 Å². The largest absolute Gasteiger partial charge is 0.329 e. The Morgan fingerprint density at radius 2 is 2.24 bits per heavy atom. The van der Waals surface area contributed by atoms with Gasteiger partial charge in [0.05, 0.1) is 5.25 Å². The lowest BCUT2D eigenvalue weighted by Crippen LogP contribution is -2.32. The molecule has 0 aromatic heterocycles. The maximum absolute atomic E-state index is 13.0. The van der Waals surface area contributed by atoms with E-state index in [9.17, 15) is 12.8 Å². The molecule has 1 saturated heterocycles. The molecule has 0 radical (unpaired) electrons. The van der Waals surface area contributed by atoms with E-state index >= 15 is 0 Å². The van der Waals surface area contributed by atoms with Gasteiger partial charge in [-0.1, -0.05) is 12.1 Å². The molecule has 17 heavy (non-hydrogen) atoms. The lowest BCUT2D eigenvalue weighted by Gasteiger charge is -2.16. The van der Waals surface area contributed by atoms with Crippen LogP contribution in [0.2, 0.25) is 0 Å². The molecule has 94 valence electrons. The average Bonchev–Trinajstić information content (AvgIpc) is 2.54. The predicted molar refractivity (Wildman–Crippen MR) is 63.2 cm³/mol. The Morgan fingerprint density at radius 3 is 2.82 bits per heavy atom. The number of benzene rings is 1. The second-order valence-corrected chi connectivity index (χ2v) is 6.37. The Bertz CT molecular complexity index is 504. The smallest absolute Gasteiger partial charge is 0.218 e. The summed E-state index contributed by atoms with van der Waals surface area (Å²) in [5.74, 6) is -0.352. The van der Waals surface area contributed by atoms with E-state index < -0.39 is 15.3 Å². The first-order valence-corrected chi connectivity index (χ1v) is 6.98. The van der Waals surface area contributed by atoms with Crippen molar-refractivity contribution >= 4 is 10.0 Å². The molecule has 2 N–H and O–H groups in total. The molecular formula is C11H15FN2O2S. The Labute approximate surface area is 100 Å². The van der Waals surface area contributed by atoms with Gasteiger partial charge in [0.25, 0.3) is 0 Å². The SMILES string of the molecule is NCC1CCN(Cc2cccc(F)c2)S1(=O)=O. The first-order valence-electron chi connectivity index (χ1n) is 5.47. The van der Waals surface area contributed by atoms with Crippen molar-refractivity contribution in [2.24, 2.45) is 5.73 Å². The summed E-state index contributed by atoms with van der Waals surface area (Å²) in [6.45, 7) is 0.819.